The summed E-state index contributed by atoms with van der Waals surface area (Å²) in [5.41, 5.74) is 7.41. The normalized spacial score (nSPS) is 18.7. The van der Waals surface area contributed by atoms with Crippen molar-refractivity contribution in [3.05, 3.63) is 53.1 Å². The molecule has 136 valence electrons. The molecule has 1 unspecified atom stereocenters. The fourth-order valence-corrected chi connectivity index (χ4v) is 4.65. The molecule has 1 saturated heterocycles. The molecule has 0 N–H and O–H groups in total. The molecule has 1 atom stereocenters. The van der Waals surface area contributed by atoms with Gasteiger partial charge in [-0.25, -0.2) is 0 Å². The van der Waals surface area contributed by atoms with E-state index in [1.165, 1.54) is 47.2 Å². The number of nitrogens with zero attached hydrogens (tertiary/aromatic N) is 2. The lowest BCUT2D eigenvalue weighted by Gasteiger charge is -2.31. The number of fused-ring (bicyclic) bond motifs is 3. The molecule has 0 spiro atoms. The molecular formula is C23H28N2O. The van der Waals surface area contributed by atoms with Gasteiger partial charge in [-0.1, -0.05) is 32.0 Å². The van der Waals surface area contributed by atoms with Crippen LogP contribution in [0.2, 0.25) is 0 Å². The van der Waals surface area contributed by atoms with Gasteiger partial charge in [-0.05, 0) is 72.8 Å². The first-order valence-electron chi connectivity index (χ1n) is 9.99. The Hall–Kier alpha value is -2.13. The van der Waals surface area contributed by atoms with Gasteiger partial charge in [0.05, 0.1) is 6.04 Å². The SMILES string of the molecule is CCN(CC)C1c2cc(C=O)ccc2-c2ccc(N3CCCCC3)cc21. The molecule has 1 aliphatic carbocycles. The average molecular weight is 348 g/mol. The lowest BCUT2D eigenvalue weighted by atomic mass is 10.0. The molecule has 1 heterocycles. The van der Waals surface area contributed by atoms with Gasteiger partial charge in [-0.2, -0.15) is 0 Å². The summed E-state index contributed by atoms with van der Waals surface area (Å²) >= 11 is 0. The summed E-state index contributed by atoms with van der Waals surface area (Å²) in [5.74, 6) is 0. The van der Waals surface area contributed by atoms with E-state index in [4.69, 9.17) is 0 Å². The number of anilines is 1. The summed E-state index contributed by atoms with van der Waals surface area (Å²) in [6.07, 6.45) is 4.89. The van der Waals surface area contributed by atoms with Gasteiger partial charge in [0.25, 0.3) is 0 Å². The van der Waals surface area contributed by atoms with Gasteiger partial charge in [0.2, 0.25) is 0 Å². The summed E-state index contributed by atoms with van der Waals surface area (Å²) in [7, 11) is 0. The van der Waals surface area contributed by atoms with Crippen molar-refractivity contribution >= 4 is 12.0 Å². The number of hydrogen-bond acceptors (Lipinski definition) is 3. The third kappa shape index (κ3) is 2.84. The minimum Gasteiger partial charge on any atom is -0.372 e. The maximum atomic E-state index is 11.3. The van der Waals surface area contributed by atoms with Crippen LogP contribution in [0.5, 0.6) is 0 Å². The Balaban J connectivity index is 1.82. The van der Waals surface area contributed by atoms with Gasteiger partial charge >= 0.3 is 0 Å². The van der Waals surface area contributed by atoms with Crippen molar-refractivity contribution in [2.75, 3.05) is 31.1 Å². The molecule has 0 radical (unpaired) electrons. The monoisotopic (exact) mass is 348 g/mol. The van der Waals surface area contributed by atoms with E-state index in [0.29, 0.717) is 0 Å². The van der Waals surface area contributed by atoms with E-state index >= 15 is 0 Å². The molecule has 2 aromatic carbocycles. The molecule has 3 nitrogen and oxygen atoms in total. The lowest BCUT2D eigenvalue weighted by Crippen LogP contribution is -2.30. The van der Waals surface area contributed by atoms with Crippen LogP contribution in [-0.2, 0) is 0 Å². The summed E-state index contributed by atoms with van der Waals surface area (Å²) in [6.45, 7) is 8.77. The largest absolute Gasteiger partial charge is 0.372 e. The summed E-state index contributed by atoms with van der Waals surface area (Å²) < 4.78 is 0. The highest BCUT2D eigenvalue weighted by Gasteiger charge is 2.32. The van der Waals surface area contributed by atoms with Gasteiger partial charge in [0.1, 0.15) is 6.29 Å². The fourth-order valence-electron chi connectivity index (χ4n) is 4.65. The van der Waals surface area contributed by atoms with Crippen molar-refractivity contribution in [1.82, 2.24) is 4.90 Å². The molecule has 3 heteroatoms. The van der Waals surface area contributed by atoms with Crippen LogP contribution in [0.1, 0.15) is 60.6 Å². The van der Waals surface area contributed by atoms with Gasteiger partial charge in [0.15, 0.2) is 0 Å². The van der Waals surface area contributed by atoms with Gasteiger partial charge in [-0.3, -0.25) is 9.69 Å². The Morgan fingerprint density at radius 3 is 2.27 bits per heavy atom. The zero-order chi connectivity index (χ0) is 18.1. The molecule has 26 heavy (non-hydrogen) atoms. The van der Waals surface area contributed by atoms with Crippen LogP contribution in [0, 0.1) is 0 Å². The summed E-state index contributed by atoms with van der Waals surface area (Å²) in [6, 6.07) is 13.4. The highest BCUT2D eigenvalue weighted by Crippen LogP contribution is 2.47. The van der Waals surface area contributed by atoms with E-state index in [2.05, 4.69) is 54.0 Å². The van der Waals surface area contributed by atoms with E-state index < -0.39 is 0 Å². The Kier molecular flexibility index (Phi) is 4.82. The topological polar surface area (TPSA) is 23.6 Å². The molecule has 0 amide bonds. The second-order valence-electron chi connectivity index (χ2n) is 7.41. The second kappa shape index (κ2) is 7.24. The molecule has 4 rings (SSSR count). The standard InChI is InChI=1S/C23H28N2O/c1-3-24(4-2)23-21-14-17(16-26)8-10-19(21)20-11-9-18(15-22(20)23)25-12-6-5-7-13-25/h8-11,14-16,23H,3-7,12-13H2,1-2H3. The van der Waals surface area contributed by atoms with Crippen molar-refractivity contribution in [3.63, 3.8) is 0 Å². The molecule has 0 saturated carbocycles. The van der Waals surface area contributed by atoms with Gasteiger partial charge in [0, 0.05) is 24.3 Å². The number of benzene rings is 2. The van der Waals surface area contributed by atoms with E-state index in [1.54, 1.807) is 0 Å². The predicted molar refractivity (Wildman–Crippen MR) is 108 cm³/mol. The molecule has 1 aliphatic heterocycles. The third-order valence-electron chi connectivity index (χ3n) is 6.02. The number of piperidine rings is 1. The average Bonchev–Trinajstić information content (AvgIpc) is 3.03. The van der Waals surface area contributed by atoms with E-state index in [0.717, 1.165) is 38.0 Å². The Labute approximate surface area is 156 Å². The van der Waals surface area contributed by atoms with Crippen LogP contribution in [-0.4, -0.2) is 37.4 Å². The van der Waals surface area contributed by atoms with Crippen molar-refractivity contribution in [3.8, 4) is 11.1 Å². The van der Waals surface area contributed by atoms with Crippen molar-refractivity contribution < 1.29 is 4.79 Å². The van der Waals surface area contributed by atoms with E-state index in [9.17, 15) is 4.79 Å². The first-order chi connectivity index (χ1) is 12.8. The zero-order valence-electron chi connectivity index (χ0n) is 15.9. The maximum Gasteiger partial charge on any atom is 0.150 e. The minimum atomic E-state index is 0.250. The van der Waals surface area contributed by atoms with Crippen molar-refractivity contribution in [2.45, 2.75) is 39.2 Å². The number of aldehydes is 1. The summed E-state index contributed by atoms with van der Waals surface area (Å²) in [4.78, 5) is 16.4. The van der Waals surface area contributed by atoms with Crippen molar-refractivity contribution in [2.24, 2.45) is 0 Å². The molecule has 1 fully saturated rings. The van der Waals surface area contributed by atoms with Crippen LogP contribution in [0.3, 0.4) is 0 Å². The zero-order valence-corrected chi connectivity index (χ0v) is 15.9. The predicted octanol–water partition coefficient (Wildman–Crippen LogP) is 4.90. The maximum absolute atomic E-state index is 11.3. The number of carbonyl (C=O) groups excluding carboxylic acids is 1. The van der Waals surface area contributed by atoms with Crippen LogP contribution in [0.4, 0.5) is 5.69 Å². The first kappa shape index (κ1) is 17.3. The third-order valence-corrected chi connectivity index (χ3v) is 6.02. The van der Waals surface area contributed by atoms with Gasteiger partial charge in [-0.15, -0.1) is 0 Å². The highest BCUT2D eigenvalue weighted by molar-refractivity contribution is 5.84. The number of carbonyl (C=O) groups is 1. The van der Waals surface area contributed by atoms with Crippen LogP contribution < -0.4 is 4.90 Å². The fraction of sp³-hybridized carbons (Fsp3) is 0.435. The van der Waals surface area contributed by atoms with E-state index in [1.807, 2.05) is 6.07 Å². The van der Waals surface area contributed by atoms with E-state index in [-0.39, 0.29) is 6.04 Å². The highest BCUT2D eigenvalue weighted by atomic mass is 16.1. The summed E-state index contributed by atoms with van der Waals surface area (Å²) in [5, 5.41) is 0. The van der Waals surface area contributed by atoms with Crippen LogP contribution in [0.25, 0.3) is 11.1 Å². The second-order valence-corrected chi connectivity index (χ2v) is 7.41. The van der Waals surface area contributed by atoms with Gasteiger partial charge < -0.3 is 4.90 Å². The smallest absolute Gasteiger partial charge is 0.150 e. The van der Waals surface area contributed by atoms with Crippen LogP contribution >= 0.6 is 0 Å². The number of rotatable bonds is 5. The molecule has 0 aromatic heterocycles. The Morgan fingerprint density at radius 2 is 1.62 bits per heavy atom. The number of hydrogen-bond donors (Lipinski definition) is 0. The quantitative estimate of drug-likeness (QED) is 0.718. The lowest BCUT2D eigenvalue weighted by molar-refractivity contribution is 0.112. The Bertz CT molecular complexity index is 804. The molecule has 2 aromatic rings. The van der Waals surface area contributed by atoms with Crippen molar-refractivity contribution in [1.29, 1.82) is 0 Å². The van der Waals surface area contributed by atoms with Crippen LogP contribution in [0.15, 0.2) is 36.4 Å². The molecule has 0 bridgehead atoms. The first-order valence-corrected chi connectivity index (χ1v) is 9.99. The molecular weight excluding hydrogens is 320 g/mol. The Morgan fingerprint density at radius 1 is 0.962 bits per heavy atom. The molecule has 2 aliphatic rings. The minimum absolute atomic E-state index is 0.250.